The van der Waals surface area contributed by atoms with Gasteiger partial charge in [-0.15, -0.1) is 0 Å². The van der Waals surface area contributed by atoms with Crippen molar-refractivity contribution < 1.29 is 18.0 Å². The Balaban J connectivity index is 1.42. The molecule has 6 nitrogen and oxygen atoms in total. The van der Waals surface area contributed by atoms with Crippen LogP contribution in [0, 0.1) is 16.7 Å². The van der Waals surface area contributed by atoms with Gasteiger partial charge in [-0.25, -0.2) is 8.42 Å². The zero-order valence-corrected chi connectivity index (χ0v) is 17.3. The minimum Gasteiger partial charge on any atom is -0.353 e. The van der Waals surface area contributed by atoms with E-state index in [0.29, 0.717) is 24.6 Å². The molecule has 0 radical (unpaired) electrons. The quantitative estimate of drug-likeness (QED) is 0.731. The predicted molar refractivity (Wildman–Crippen MR) is 107 cm³/mol. The first-order chi connectivity index (χ1) is 13.1. The number of carbonyl (C=O) groups excluding carboxylic acids is 2. The predicted octanol–water partition coefficient (Wildman–Crippen LogP) is 2.64. The van der Waals surface area contributed by atoms with E-state index in [1.165, 1.54) is 0 Å². The number of benzene rings is 1. The Morgan fingerprint density at radius 1 is 1.14 bits per heavy atom. The molecule has 0 saturated heterocycles. The van der Waals surface area contributed by atoms with Crippen molar-refractivity contribution in [3.63, 3.8) is 0 Å². The molecule has 2 N–H and O–H groups in total. The molecule has 0 spiro atoms. The summed E-state index contributed by atoms with van der Waals surface area (Å²) in [6, 6.07) is 7.20. The molecule has 0 aromatic heterocycles. The topological polar surface area (TPSA) is 92.3 Å². The molecule has 3 aliphatic carbocycles. The monoisotopic (exact) mass is 404 g/mol. The molecule has 1 aromatic carbocycles. The third-order valence-corrected chi connectivity index (χ3v) is 8.53. The van der Waals surface area contributed by atoms with Crippen molar-refractivity contribution in [2.45, 2.75) is 58.4 Å². The highest BCUT2D eigenvalue weighted by Crippen LogP contribution is 2.64. The van der Waals surface area contributed by atoms with Gasteiger partial charge in [0.2, 0.25) is 15.9 Å². The lowest BCUT2D eigenvalue weighted by Crippen LogP contribution is -2.43. The number of fused-ring (bicyclic) bond motifs is 2. The van der Waals surface area contributed by atoms with Gasteiger partial charge in [0.25, 0.3) is 0 Å². The molecule has 0 heterocycles. The van der Waals surface area contributed by atoms with Crippen LogP contribution in [0.4, 0.5) is 5.69 Å². The number of carbonyl (C=O) groups is 2. The Kier molecular flexibility index (Phi) is 4.56. The number of hydrogen-bond acceptors (Lipinski definition) is 4. The summed E-state index contributed by atoms with van der Waals surface area (Å²) < 4.78 is 28.3. The Morgan fingerprint density at radius 3 is 2.36 bits per heavy atom. The van der Waals surface area contributed by atoms with Crippen molar-refractivity contribution in [3.8, 4) is 0 Å². The summed E-state index contributed by atoms with van der Waals surface area (Å²) in [6.45, 7) is 4.07. The minimum absolute atomic E-state index is 0.00676. The number of hydrogen-bond donors (Lipinski definition) is 2. The van der Waals surface area contributed by atoms with Gasteiger partial charge < -0.3 is 5.32 Å². The second-order valence-corrected chi connectivity index (χ2v) is 11.0. The Labute approximate surface area is 166 Å². The van der Waals surface area contributed by atoms with E-state index in [9.17, 15) is 18.0 Å². The van der Waals surface area contributed by atoms with Crippen LogP contribution in [0.5, 0.6) is 0 Å². The van der Waals surface area contributed by atoms with Gasteiger partial charge in [-0.1, -0.05) is 26.0 Å². The van der Waals surface area contributed by atoms with Gasteiger partial charge in [0.1, 0.15) is 5.78 Å². The van der Waals surface area contributed by atoms with Crippen molar-refractivity contribution in [3.05, 3.63) is 29.8 Å². The second-order valence-electron chi connectivity index (χ2n) is 9.24. The maximum Gasteiger partial charge on any atom is 0.233 e. The Hall–Kier alpha value is -1.89. The molecule has 3 saturated carbocycles. The molecular formula is C21H28N2O4S. The maximum absolute atomic E-state index is 12.8. The summed E-state index contributed by atoms with van der Waals surface area (Å²) in [7, 11) is -3.66. The molecule has 3 aliphatic rings. The van der Waals surface area contributed by atoms with E-state index >= 15 is 0 Å². The van der Waals surface area contributed by atoms with Gasteiger partial charge in [0, 0.05) is 18.2 Å². The average molecular weight is 405 g/mol. The summed E-state index contributed by atoms with van der Waals surface area (Å²) >= 11 is 0. The van der Waals surface area contributed by atoms with Crippen molar-refractivity contribution in [1.29, 1.82) is 0 Å². The van der Waals surface area contributed by atoms with E-state index in [1.54, 1.807) is 24.3 Å². The smallest absolute Gasteiger partial charge is 0.233 e. The van der Waals surface area contributed by atoms with E-state index < -0.39 is 15.4 Å². The van der Waals surface area contributed by atoms with Gasteiger partial charge in [0.05, 0.1) is 17.6 Å². The van der Waals surface area contributed by atoms with Gasteiger partial charge in [-0.2, -0.15) is 0 Å². The standard InChI is InChI=1S/C21H28N2O4S/c1-20(2)15-9-10-21(20,18(24)12-15)13-28(26,27)23-17-5-3-14(4-6-17)11-19(25)22-16-7-8-16/h3-6,15-16,23H,7-13H2,1-2H3,(H,22,25)/t15-,21+/m0/s1. The van der Waals surface area contributed by atoms with Crippen LogP contribution < -0.4 is 10.0 Å². The number of Topliss-reactive ketones (excluding diaryl/α,β-unsaturated/α-hetero) is 1. The molecule has 3 fully saturated rings. The van der Waals surface area contributed by atoms with Gasteiger partial charge in [-0.05, 0) is 54.7 Å². The Bertz CT molecular complexity index is 903. The van der Waals surface area contributed by atoms with Crippen LogP contribution in [-0.4, -0.2) is 31.9 Å². The lowest BCUT2D eigenvalue weighted by molar-refractivity contribution is -0.128. The van der Waals surface area contributed by atoms with Crippen LogP contribution in [-0.2, 0) is 26.0 Å². The molecular weight excluding hydrogens is 376 g/mol. The van der Waals surface area contributed by atoms with E-state index in [1.807, 2.05) is 13.8 Å². The van der Waals surface area contributed by atoms with E-state index in [4.69, 9.17) is 0 Å². The molecule has 4 rings (SSSR count). The van der Waals surface area contributed by atoms with Gasteiger partial charge >= 0.3 is 0 Å². The molecule has 28 heavy (non-hydrogen) atoms. The number of rotatable bonds is 7. The third kappa shape index (κ3) is 3.45. The number of ketones is 1. The molecule has 0 unspecified atom stereocenters. The number of sulfonamides is 1. The first-order valence-electron chi connectivity index (χ1n) is 10.0. The van der Waals surface area contributed by atoms with Crippen LogP contribution in [0.2, 0.25) is 0 Å². The van der Waals surface area contributed by atoms with Crippen LogP contribution >= 0.6 is 0 Å². The van der Waals surface area contributed by atoms with Crippen LogP contribution in [0.3, 0.4) is 0 Å². The maximum atomic E-state index is 12.8. The largest absolute Gasteiger partial charge is 0.353 e. The fourth-order valence-electron chi connectivity index (χ4n) is 5.03. The summed E-state index contributed by atoms with van der Waals surface area (Å²) in [5, 5.41) is 2.94. The normalized spacial score (nSPS) is 28.4. The summed E-state index contributed by atoms with van der Waals surface area (Å²) in [5.74, 6) is 0.216. The summed E-state index contributed by atoms with van der Waals surface area (Å²) in [6.07, 6.45) is 4.46. The number of anilines is 1. The zero-order chi connectivity index (χ0) is 20.2. The van der Waals surface area contributed by atoms with Gasteiger partial charge in [-0.3, -0.25) is 14.3 Å². The van der Waals surface area contributed by atoms with Crippen molar-refractivity contribution in [1.82, 2.24) is 5.32 Å². The minimum atomic E-state index is -3.66. The highest BCUT2D eigenvalue weighted by Gasteiger charge is 2.65. The zero-order valence-electron chi connectivity index (χ0n) is 16.5. The molecule has 2 atom stereocenters. The first kappa shape index (κ1) is 19.4. The SMILES string of the molecule is CC1(C)[C@H]2CC[C@@]1(CS(=O)(=O)Nc1ccc(CC(=O)NC3CC3)cc1)C(=O)C2. The van der Waals surface area contributed by atoms with Crippen LogP contribution in [0.25, 0.3) is 0 Å². The van der Waals surface area contributed by atoms with Gasteiger partial charge in [0.15, 0.2) is 0 Å². The lowest BCUT2D eigenvalue weighted by atomic mass is 9.70. The van der Waals surface area contributed by atoms with E-state index in [2.05, 4.69) is 10.0 Å². The van der Waals surface area contributed by atoms with Crippen molar-refractivity contribution in [2.24, 2.45) is 16.7 Å². The summed E-state index contributed by atoms with van der Waals surface area (Å²) in [4.78, 5) is 24.5. The van der Waals surface area contributed by atoms with Crippen LogP contribution in [0.1, 0.15) is 51.5 Å². The fourth-order valence-corrected chi connectivity index (χ4v) is 6.92. The fraction of sp³-hybridized carbons (Fsp3) is 0.619. The number of nitrogens with one attached hydrogen (secondary N) is 2. The third-order valence-electron chi connectivity index (χ3n) is 7.11. The molecule has 7 heteroatoms. The van der Waals surface area contributed by atoms with Crippen molar-refractivity contribution in [2.75, 3.05) is 10.5 Å². The van der Waals surface area contributed by atoms with E-state index in [-0.39, 0.29) is 35.2 Å². The Morgan fingerprint density at radius 2 is 1.82 bits per heavy atom. The average Bonchev–Trinajstić information content (AvgIpc) is 3.34. The van der Waals surface area contributed by atoms with Crippen LogP contribution in [0.15, 0.2) is 24.3 Å². The molecule has 1 aromatic rings. The molecule has 2 bridgehead atoms. The number of amides is 1. The summed E-state index contributed by atoms with van der Waals surface area (Å²) in [5.41, 5.74) is 0.244. The molecule has 0 aliphatic heterocycles. The van der Waals surface area contributed by atoms with E-state index in [0.717, 1.165) is 24.8 Å². The second kappa shape index (κ2) is 6.58. The highest BCUT2D eigenvalue weighted by atomic mass is 32.2. The molecule has 152 valence electrons. The highest BCUT2D eigenvalue weighted by molar-refractivity contribution is 7.92. The lowest BCUT2D eigenvalue weighted by Gasteiger charge is -2.36. The van der Waals surface area contributed by atoms with Crippen molar-refractivity contribution >= 4 is 27.4 Å². The molecule has 1 amide bonds. The first-order valence-corrected chi connectivity index (χ1v) is 11.7.